The summed E-state index contributed by atoms with van der Waals surface area (Å²) in [6, 6.07) is 6.77. The first-order chi connectivity index (χ1) is 8.58. The van der Waals surface area contributed by atoms with Crippen LogP contribution in [0.2, 0.25) is 0 Å². The fourth-order valence-corrected chi connectivity index (χ4v) is 2.85. The molecule has 6 heteroatoms. The molecular weight excluding hydrogens is 365 g/mol. The number of benzene rings is 1. The molecule has 1 aromatic rings. The van der Waals surface area contributed by atoms with E-state index in [2.05, 4.69) is 27.3 Å². The van der Waals surface area contributed by atoms with Gasteiger partial charge >= 0.3 is 0 Å². The van der Waals surface area contributed by atoms with E-state index in [9.17, 15) is 8.42 Å². The summed E-state index contributed by atoms with van der Waals surface area (Å²) in [6.07, 6.45) is 2.49. The monoisotopic (exact) mass is 381 g/mol. The lowest BCUT2D eigenvalue weighted by Gasteiger charge is -2.07. The summed E-state index contributed by atoms with van der Waals surface area (Å²) in [6.45, 7) is 1.51. The minimum Gasteiger partial charge on any atom is -0.380 e. The Balaban J connectivity index is 1.77. The third-order valence-corrected chi connectivity index (χ3v) is 4.91. The average molecular weight is 381 g/mol. The molecule has 0 heterocycles. The van der Waals surface area contributed by atoms with Crippen LogP contribution in [-0.2, 0) is 14.8 Å². The molecule has 0 bridgehead atoms. The number of hydrogen-bond donors (Lipinski definition) is 1. The summed E-state index contributed by atoms with van der Waals surface area (Å²) in [5, 5.41) is 0. The van der Waals surface area contributed by atoms with Gasteiger partial charge in [-0.25, -0.2) is 13.1 Å². The molecule has 0 unspecified atom stereocenters. The normalized spacial score (nSPS) is 15.8. The fraction of sp³-hybridized carbons (Fsp3) is 0.500. The van der Waals surface area contributed by atoms with Crippen molar-refractivity contribution in [2.24, 2.45) is 5.92 Å². The molecule has 0 radical (unpaired) electrons. The number of halogens is 1. The predicted molar refractivity (Wildman–Crippen MR) is 77.9 cm³/mol. The summed E-state index contributed by atoms with van der Waals surface area (Å²) in [7, 11) is -3.40. The molecule has 18 heavy (non-hydrogen) atoms. The van der Waals surface area contributed by atoms with E-state index in [0.29, 0.717) is 24.0 Å². The molecule has 1 saturated carbocycles. The topological polar surface area (TPSA) is 55.4 Å². The van der Waals surface area contributed by atoms with Crippen LogP contribution in [0, 0.1) is 9.49 Å². The zero-order valence-electron chi connectivity index (χ0n) is 9.93. The lowest BCUT2D eigenvalue weighted by atomic mass is 10.4. The Hall–Kier alpha value is -0.180. The maximum Gasteiger partial charge on any atom is 0.240 e. The van der Waals surface area contributed by atoms with E-state index in [1.807, 2.05) is 0 Å². The number of rotatable bonds is 7. The van der Waals surface area contributed by atoms with Crippen LogP contribution in [0.5, 0.6) is 0 Å². The highest BCUT2D eigenvalue weighted by Crippen LogP contribution is 2.28. The van der Waals surface area contributed by atoms with Gasteiger partial charge in [0.1, 0.15) is 0 Å². The van der Waals surface area contributed by atoms with Gasteiger partial charge in [-0.2, -0.15) is 0 Å². The molecule has 0 atom stereocenters. The van der Waals surface area contributed by atoms with Crippen LogP contribution in [0.15, 0.2) is 29.2 Å². The van der Waals surface area contributed by atoms with Gasteiger partial charge in [-0.3, -0.25) is 0 Å². The van der Waals surface area contributed by atoms with Crippen LogP contribution >= 0.6 is 22.6 Å². The van der Waals surface area contributed by atoms with Gasteiger partial charge in [0, 0.05) is 16.7 Å². The predicted octanol–water partition coefficient (Wildman–Crippen LogP) is 2.00. The van der Waals surface area contributed by atoms with Gasteiger partial charge in [-0.15, -0.1) is 0 Å². The van der Waals surface area contributed by atoms with Crippen molar-refractivity contribution in [3.8, 4) is 0 Å². The van der Waals surface area contributed by atoms with Crippen molar-refractivity contribution in [3.05, 3.63) is 27.8 Å². The molecular formula is C12H16INO3S. The highest BCUT2D eigenvalue weighted by atomic mass is 127. The lowest BCUT2D eigenvalue weighted by molar-refractivity contribution is 0.129. The minimum atomic E-state index is -3.40. The molecule has 0 aromatic heterocycles. The smallest absolute Gasteiger partial charge is 0.240 e. The largest absolute Gasteiger partial charge is 0.380 e. The first kappa shape index (κ1) is 14.2. The first-order valence-corrected chi connectivity index (χ1v) is 8.47. The summed E-state index contributed by atoms with van der Waals surface area (Å²) >= 11 is 2.14. The van der Waals surface area contributed by atoms with Gasteiger partial charge in [-0.1, -0.05) is 0 Å². The maximum atomic E-state index is 11.9. The van der Waals surface area contributed by atoms with Gasteiger partial charge in [-0.05, 0) is 65.6 Å². The Kier molecular flexibility index (Phi) is 4.99. The summed E-state index contributed by atoms with van der Waals surface area (Å²) < 4.78 is 32.7. The van der Waals surface area contributed by atoms with Crippen LogP contribution < -0.4 is 4.72 Å². The van der Waals surface area contributed by atoms with Crippen molar-refractivity contribution >= 4 is 32.6 Å². The van der Waals surface area contributed by atoms with Gasteiger partial charge in [0.25, 0.3) is 0 Å². The minimum absolute atomic E-state index is 0.296. The van der Waals surface area contributed by atoms with Gasteiger partial charge < -0.3 is 4.74 Å². The summed E-state index contributed by atoms with van der Waals surface area (Å²) in [5.74, 6) is 0.706. The fourth-order valence-electron chi connectivity index (χ4n) is 1.48. The molecule has 1 N–H and O–H groups in total. The molecule has 1 aliphatic carbocycles. The van der Waals surface area contributed by atoms with E-state index in [-0.39, 0.29) is 0 Å². The van der Waals surface area contributed by atoms with E-state index in [4.69, 9.17) is 4.74 Å². The van der Waals surface area contributed by atoms with Crippen molar-refractivity contribution < 1.29 is 13.2 Å². The van der Waals surface area contributed by atoms with Crippen LogP contribution in [0.25, 0.3) is 0 Å². The van der Waals surface area contributed by atoms with Gasteiger partial charge in [0.05, 0.1) is 11.5 Å². The lowest BCUT2D eigenvalue weighted by Crippen LogP contribution is -2.27. The van der Waals surface area contributed by atoms with Crippen molar-refractivity contribution in [1.82, 2.24) is 4.72 Å². The number of sulfonamides is 1. The van der Waals surface area contributed by atoms with E-state index in [1.54, 1.807) is 24.3 Å². The van der Waals surface area contributed by atoms with E-state index in [0.717, 1.165) is 10.2 Å². The summed E-state index contributed by atoms with van der Waals surface area (Å²) in [5.41, 5.74) is 0. The SMILES string of the molecule is O=S(=O)(NCCOCC1CC1)c1ccc(I)cc1. The van der Waals surface area contributed by atoms with Crippen LogP contribution in [0.3, 0.4) is 0 Å². The van der Waals surface area contributed by atoms with Crippen molar-refractivity contribution in [3.63, 3.8) is 0 Å². The summed E-state index contributed by atoms with van der Waals surface area (Å²) in [4.78, 5) is 0.296. The first-order valence-electron chi connectivity index (χ1n) is 5.91. The molecule has 2 rings (SSSR count). The van der Waals surface area contributed by atoms with E-state index < -0.39 is 10.0 Å². The quantitative estimate of drug-likeness (QED) is 0.581. The molecule has 1 fully saturated rings. The Labute approximate surface area is 121 Å². The highest BCUT2D eigenvalue weighted by Gasteiger charge is 2.21. The Morgan fingerprint density at radius 2 is 1.94 bits per heavy atom. The van der Waals surface area contributed by atoms with Gasteiger partial charge in [0.2, 0.25) is 10.0 Å². The third kappa shape index (κ3) is 4.49. The number of ether oxygens (including phenoxy) is 1. The average Bonchev–Trinajstić information content (AvgIpc) is 3.13. The van der Waals surface area contributed by atoms with E-state index in [1.165, 1.54) is 12.8 Å². The van der Waals surface area contributed by atoms with Crippen LogP contribution in [0.4, 0.5) is 0 Å². The van der Waals surface area contributed by atoms with Gasteiger partial charge in [0.15, 0.2) is 0 Å². The number of nitrogens with one attached hydrogen (secondary N) is 1. The van der Waals surface area contributed by atoms with Crippen molar-refractivity contribution in [2.75, 3.05) is 19.8 Å². The molecule has 4 nitrogen and oxygen atoms in total. The third-order valence-electron chi connectivity index (χ3n) is 2.71. The molecule has 0 saturated heterocycles. The van der Waals surface area contributed by atoms with Crippen molar-refractivity contribution in [1.29, 1.82) is 0 Å². The van der Waals surface area contributed by atoms with Crippen molar-refractivity contribution in [2.45, 2.75) is 17.7 Å². The van der Waals surface area contributed by atoms with E-state index >= 15 is 0 Å². The molecule has 1 aromatic carbocycles. The number of hydrogen-bond acceptors (Lipinski definition) is 3. The molecule has 0 spiro atoms. The molecule has 100 valence electrons. The second-order valence-electron chi connectivity index (χ2n) is 4.37. The van der Waals surface area contributed by atoms with Crippen LogP contribution in [-0.4, -0.2) is 28.2 Å². The standard InChI is InChI=1S/C12H16INO3S/c13-11-3-5-12(6-4-11)18(15,16)14-7-8-17-9-10-1-2-10/h3-6,10,14H,1-2,7-9H2. The molecule has 0 aliphatic heterocycles. The zero-order valence-corrected chi connectivity index (χ0v) is 12.9. The Morgan fingerprint density at radius 1 is 1.28 bits per heavy atom. The Bertz CT molecular complexity index is 483. The second-order valence-corrected chi connectivity index (χ2v) is 7.38. The van der Waals surface area contributed by atoms with Crippen LogP contribution in [0.1, 0.15) is 12.8 Å². The molecule has 1 aliphatic rings. The zero-order chi connectivity index (χ0) is 13.0. The second kappa shape index (κ2) is 6.31. The maximum absolute atomic E-state index is 11.9. The molecule has 0 amide bonds. The highest BCUT2D eigenvalue weighted by molar-refractivity contribution is 14.1. The Morgan fingerprint density at radius 3 is 2.56 bits per heavy atom.